The van der Waals surface area contributed by atoms with Gasteiger partial charge in [0.1, 0.15) is 5.75 Å². The standard InChI is InChI=1S/C21H28O2/c1-2-16-8-10-17(11-9-16)18-12-14-19(15-13-18)21(22)23-20-6-4-3-5-7-20/h2-7,16-19H,1,8-15H2. The highest BCUT2D eigenvalue weighted by Gasteiger charge is 2.33. The third kappa shape index (κ3) is 4.25. The monoisotopic (exact) mass is 312 g/mol. The van der Waals surface area contributed by atoms with E-state index >= 15 is 0 Å². The third-order valence-electron chi connectivity index (χ3n) is 5.88. The van der Waals surface area contributed by atoms with E-state index in [1.165, 1.54) is 38.5 Å². The minimum Gasteiger partial charge on any atom is -0.426 e. The van der Waals surface area contributed by atoms with Gasteiger partial charge in [-0.2, -0.15) is 0 Å². The van der Waals surface area contributed by atoms with Gasteiger partial charge in [0.2, 0.25) is 0 Å². The lowest BCUT2D eigenvalue weighted by atomic mass is 9.69. The SMILES string of the molecule is C=CC1CCC(C2CCC(C(=O)Oc3ccccc3)CC2)CC1. The molecule has 1 aromatic carbocycles. The van der Waals surface area contributed by atoms with Gasteiger partial charge in [-0.3, -0.25) is 4.79 Å². The van der Waals surface area contributed by atoms with Crippen molar-refractivity contribution in [2.75, 3.05) is 0 Å². The number of carbonyl (C=O) groups is 1. The van der Waals surface area contributed by atoms with Crippen LogP contribution in [0.3, 0.4) is 0 Å². The lowest BCUT2D eigenvalue weighted by molar-refractivity contribution is -0.140. The Labute approximate surface area is 139 Å². The molecule has 0 unspecified atom stereocenters. The normalized spacial score (nSPS) is 31.3. The number of rotatable bonds is 4. The number of hydrogen-bond donors (Lipinski definition) is 0. The van der Waals surface area contributed by atoms with Gasteiger partial charge in [-0.1, -0.05) is 24.3 Å². The lowest BCUT2D eigenvalue weighted by Crippen LogP contribution is -2.29. The Bertz CT molecular complexity index is 506. The van der Waals surface area contributed by atoms with Gasteiger partial charge in [-0.15, -0.1) is 6.58 Å². The van der Waals surface area contributed by atoms with Crippen molar-refractivity contribution in [2.24, 2.45) is 23.7 Å². The molecule has 2 nitrogen and oxygen atoms in total. The number of allylic oxidation sites excluding steroid dienone is 1. The molecule has 0 radical (unpaired) electrons. The summed E-state index contributed by atoms with van der Waals surface area (Å²) >= 11 is 0. The molecule has 0 amide bonds. The van der Waals surface area contributed by atoms with E-state index in [0.717, 1.165) is 30.6 Å². The molecule has 0 aromatic heterocycles. The van der Waals surface area contributed by atoms with Gasteiger partial charge in [0.25, 0.3) is 0 Å². The van der Waals surface area contributed by atoms with E-state index in [4.69, 9.17) is 4.74 Å². The van der Waals surface area contributed by atoms with Gasteiger partial charge in [-0.05, 0) is 81.3 Å². The smallest absolute Gasteiger partial charge is 0.314 e. The summed E-state index contributed by atoms with van der Waals surface area (Å²) in [7, 11) is 0. The molecule has 0 N–H and O–H groups in total. The third-order valence-corrected chi connectivity index (χ3v) is 5.88. The fourth-order valence-electron chi connectivity index (χ4n) is 4.37. The van der Waals surface area contributed by atoms with Crippen LogP contribution in [0.4, 0.5) is 0 Å². The molecule has 2 fully saturated rings. The molecule has 2 heteroatoms. The van der Waals surface area contributed by atoms with Crippen LogP contribution < -0.4 is 4.74 Å². The lowest BCUT2D eigenvalue weighted by Gasteiger charge is -2.36. The molecule has 0 saturated heterocycles. The van der Waals surface area contributed by atoms with Crippen molar-refractivity contribution in [3.63, 3.8) is 0 Å². The first-order valence-corrected chi connectivity index (χ1v) is 9.15. The van der Waals surface area contributed by atoms with Crippen molar-refractivity contribution in [3.05, 3.63) is 43.0 Å². The molecular formula is C21H28O2. The molecule has 0 atom stereocenters. The zero-order chi connectivity index (χ0) is 16.1. The van der Waals surface area contributed by atoms with Crippen LogP contribution in [0, 0.1) is 23.7 Å². The topological polar surface area (TPSA) is 26.3 Å². The summed E-state index contributed by atoms with van der Waals surface area (Å²) in [6.07, 6.45) is 11.8. The van der Waals surface area contributed by atoms with Gasteiger partial charge in [0.05, 0.1) is 5.92 Å². The minimum atomic E-state index is -0.0370. The largest absolute Gasteiger partial charge is 0.426 e. The predicted octanol–water partition coefficient (Wildman–Crippen LogP) is 5.39. The zero-order valence-corrected chi connectivity index (χ0v) is 14.0. The van der Waals surface area contributed by atoms with Gasteiger partial charge in [-0.25, -0.2) is 0 Å². The zero-order valence-electron chi connectivity index (χ0n) is 14.0. The van der Waals surface area contributed by atoms with Crippen LogP contribution in [0.25, 0.3) is 0 Å². The Morgan fingerprint density at radius 2 is 1.48 bits per heavy atom. The van der Waals surface area contributed by atoms with Crippen LogP contribution >= 0.6 is 0 Å². The number of hydrogen-bond acceptors (Lipinski definition) is 2. The van der Waals surface area contributed by atoms with Crippen molar-refractivity contribution >= 4 is 5.97 Å². The van der Waals surface area contributed by atoms with E-state index in [1.54, 1.807) is 0 Å². The quantitative estimate of drug-likeness (QED) is 0.423. The van der Waals surface area contributed by atoms with Gasteiger partial charge in [0, 0.05) is 0 Å². The average molecular weight is 312 g/mol. The molecule has 1 aromatic rings. The van der Waals surface area contributed by atoms with Crippen molar-refractivity contribution < 1.29 is 9.53 Å². The van der Waals surface area contributed by atoms with Crippen molar-refractivity contribution in [1.29, 1.82) is 0 Å². The molecule has 0 spiro atoms. The highest BCUT2D eigenvalue weighted by Crippen LogP contribution is 2.41. The number of para-hydroxylation sites is 1. The minimum absolute atomic E-state index is 0.0370. The van der Waals surface area contributed by atoms with Crippen LogP contribution in [0.2, 0.25) is 0 Å². The summed E-state index contributed by atoms with van der Waals surface area (Å²) in [5.41, 5.74) is 0. The molecule has 2 aliphatic rings. The molecule has 0 bridgehead atoms. The molecule has 124 valence electrons. The molecule has 2 saturated carbocycles. The molecular weight excluding hydrogens is 284 g/mol. The first-order chi connectivity index (χ1) is 11.3. The van der Waals surface area contributed by atoms with E-state index in [2.05, 4.69) is 12.7 Å². The summed E-state index contributed by atoms with van der Waals surface area (Å²) in [4.78, 5) is 12.3. The highest BCUT2D eigenvalue weighted by molar-refractivity contribution is 5.75. The highest BCUT2D eigenvalue weighted by atomic mass is 16.5. The second-order valence-corrected chi connectivity index (χ2v) is 7.26. The second kappa shape index (κ2) is 7.81. The molecule has 2 aliphatic carbocycles. The molecule has 3 rings (SSSR count). The first-order valence-electron chi connectivity index (χ1n) is 9.15. The molecule has 0 heterocycles. The van der Waals surface area contributed by atoms with Gasteiger partial charge >= 0.3 is 5.97 Å². The van der Waals surface area contributed by atoms with E-state index < -0.39 is 0 Å². The Balaban J connectivity index is 1.45. The number of esters is 1. The summed E-state index contributed by atoms with van der Waals surface area (Å²) in [5, 5.41) is 0. The van der Waals surface area contributed by atoms with E-state index in [9.17, 15) is 4.79 Å². The summed E-state index contributed by atoms with van der Waals surface area (Å²) < 4.78 is 5.51. The van der Waals surface area contributed by atoms with Gasteiger partial charge < -0.3 is 4.74 Å². The number of carbonyl (C=O) groups excluding carboxylic acids is 1. The predicted molar refractivity (Wildman–Crippen MR) is 93.2 cm³/mol. The maximum Gasteiger partial charge on any atom is 0.314 e. The van der Waals surface area contributed by atoms with Crippen molar-refractivity contribution in [3.8, 4) is 5.75 Å². The van der Waals surface area contributed by atoms with Crippen molar-refractivity contribution in [2.45, 2.75) is 51.4 Å². The van der Waals surface area contributed by atoms with Crippen LogP contribution in [0.1, 0.15) is 51.4 Å². The number of benzene rings is 1. The fourth-order valence-corrected chi connectivity index (χ4v) is 4.37. The van der Waals surface area contributed by atoms with Crippen LogP contribution in [-0.2, 0) is 4.79 Å². The summed E-state index contributed by atoms with van der Waals surface area (Å²) in [5.74, 6) is 3.16. The first kappa shape index (κ1) is 16.3. The average Bonchev–Trinajstić information content (AvgIpc) is 2.63. The van der Waals surface area contributed by atoms with Crippen LogP contribution in [0.5, 0.6) is 5.75 Å². The Hall–Kier alpha value is -1.57. The van der Waals surface area contributed by atoms with E-state index in [-0.39, 0.29) is 11.9 Å². The molecule has 23 heavy (non-hydrogen) atoms. The summed E-state index contributed by atoms with van der Waals surface area (Å²) in [6, 6.07) is 9.44. The fraction of sp³-hybridized carbons (Fsp3) is 0.571. The Kier molecular flexibility index (Phi) is 5.53. The Morgan fingerprint density at radius 1 is 0.913 bits per heavy atom. The van der Waals surface area contributed by atoms with E-state index in [1.807, 2.05) is 30.3 Å². The summed E-state index contributed by atoms with van der Waals surface area (Å²) in [6.45, 7) is 3.93. The Morgan fingerprint density at radius 3 is 2.04 bits per heavy atom. The van der Waals surface area contributed by atoms with Gasteiger partial charge in [0.15, 0.2) is 0 Å². The second-order valence-electron chi connectivity index (χ2n) is 7.26. The maximum atomic E-state index is 12.3. The van der Waals surface area contributed by atoms with Crippen molar-refractivity contribution in [1.82, 2.24) is 0 Å². The number of ether oxygens (including phenoxy) is 1. The van der Waals surface area contributed by atoms with Crippen LogP contribution in [-0.4, -0.2) is 5.97 Å². The van der Waals surface area contributed by atoms with Crippen LogP contribution in [0.15, 0.2) is 43.0 Å². The maximum absolute atomic E-state index is 12.3. The molecule has 0 aliphatic heterocycles. The van der Waals surface area contributed by atoms with E-state index in [0.29, 0.717) is 5.75 Å².